The number of ether oxygens (including phenoxy) is 1. The molecule has 3 N–H and O–H groups in total. The molecule has 2 fully saturated rings. The molecule has 0 heterocycles. The van der Waals surface area contributed by atoms with Gasteiger partial charge in [-0.3, -0.25) is 0 Å². The standard InChI is InChI=1S/C17H22F2N2O3/c1-9-3-2-4-13(24-16(18)19)14(9)20-17(23)21-15-11-6-5-10(7-11)12(15)8-22/h2-4,10-12,15-16,22H,5-8H2,1H3,(H2,20,21,23). The number of anilines is 1. The average molecular weight is 340 g/mol. The predicted molar refractivity (Wildman–Crippen MR) is 85.2 cm³/mol. The van der Waals surface area contributed by atoms with Crippen LogP contribution in [-0.2, 0) is 0 Å². The normalized spacial score (nSPS) is 28.2. The zero-order valence-electron chi connectivity index (χ0n) is 13.5. The first kappa shape index (κ1) is 17.0. The van der Waals surface area contributed by atoms with Crippen molar-refractivity contribution < 1.29 is 23.4 Å². The van der Waals surface area contributed by atoms with Crippen LogP contribution in [0.5, 0.6) is 5.75 Å². The Morgan fingerprint density at radius 1 is 1.38 bits per heavy atom. The molecule has 1 aromatic rings. The Hall–Kier alpha value is -1.89. The fraction of sp³-hybridized carbons (Fsp3) is 0.588. The minimum Gasteiger partial charge on any atom is -0.433 e. The first-order chi connectivity index (χ1) is 11.5. The van der Waals surface area contributed by atoms with Gasteiger partial charge in [0.1, 0.15) is 5.75 Å². The maximum Gasteiger partial charge on any atom is 0.387 e. The Balaban J connectivity index is 1.69. The number of aliphatic hydroxyl groups is 1. The van der Waals surface area contributed by atoms with Crippen LogP contribution in [0, 0.1) is 24.7 Å². The molecule has 4 unspecified atom stereocenters. The quantitative estimate of drug-likeness (QED) is 0.771. The van der Waals surface area contributed by atoms with Crippen LogP contribution in [0.15, 0.2) is 18.2 Å². The molecule has 24 heavy (non-hydrogen) atoms. The Labute approximate surface area is 139 Å². The van der Waals surface area contributed by atoms with E-state index >= 15 is 0 Å². The first-order valence-corrected chi connectivity index (χ1v) is 8.22. The minimum atomic E-state index is -2.96. The highest BCUT2D eigenvalue weighted by Crippen LogP contribution is 2.48. The van der Waals surface area contributed by atoms with Crippen molar-refractivity contribution in [3.8, 4) is 5.75 Å². The van der Waals surface area contributed by atoms with Gasteiger partial charge in [-0.05, 0) is 49.7 Å². The lowest BCUT2D eigenvalue weighted by molar-refractivity contribution is -0.0493. The van der Waals surface area contributed by atoms with Crippen molar-refractivity contribution in [1.29, 1.82) is 0 Å². The topological polar surface area (TPSA) is 70.6 Å². The van der Waals surface area contributed by atoms with Crippen molar-refractivity contribution in [3.05, 3.63) is 23.8 Å². The van der Waals surface area contributed by atoms with Gasteiger partial charge in [-0.1, -0.05) is 12.1 Å². The number of amides is 2. The molecule has 3 rings (SSSR count). The van der Waals surface area contributed by atoms with Gasteiger partial charge >= 0.3 is 12.6 Å². The highest BCUT2D eigenvalue weighted by molar-refractivity contribution is 5.92. The summed E-state index contributed by atoms with van der Waals surface area (Å²) in [6.07, 6.45) is 3.18. The average Bonchev–Trinajstić information content (AvgIpc) is 3.11. The van der Waals surface area contributed by atoms with Gasteiger partial charge in [0.05, 0.1) is 5.69 Å². The van der Waals surface area contributed by atoms with Gasteiger partial charge in [-0.15, -0.1) is 0 Å². The number of rotatable bonds is 5. The SMILES string of the molecule is Cc1cccc(OC(F)F)c1NC(=O)NC1C2CCC(C2)C1CO. The van der Waals surface area contributed by atoms with Crippen LogP contribution in [0.3, 0.4) is 0 Å². The number of alkyl halides is 2. The van der Waals surface area contributed by atoms with Gasteiger partial charge in [0.2, 0.25) is 0 Å². The fourth-order valence-electron chi connectivity index (χ4n) is 4.19. The first-order valence-electron chi connectivity index (χ1n) is 8.22. The van der Waals surface area contributed by atoms with E-state index in [0.717, 1.165) is 19.3 Å². The van der Waals surface area contributed by atoms with Gasteiger partial charge in [0.25, 0.3) is 0 Å². The van der Waals surface area contributed by atoms with Crippen LogP contribution in [0.4, 0.5) is 19.3 Å². The number of para-hydroxylation sites is 1. The van der Waals surface area contributed by atoms with Crippen molar-refractivity contribution in [1.82, 2.24) is 5.32 Å². The van der Waals surface area contributed by atoms with Crippen LogP contribution in [0.25, 0.3) is 0 Å². The summed E-state index contributed by atoms with van der Waals surface area (Å²) >= 11 is 0. The second kappa shape index (κ2) is 6.93. The Morgan fingerprint density at radius 3 is 2.83 bits per heavy atom. The van der Waals surface area contributed by atoms with E-state index in [-0.39, 0.29) is 30.0 Å². The molecule has 1 aromatic carbocycles. The fourth-order valence-corrected chi connectivity index (χ4v) is 4.19. The molecule has 132 valence electrons. The van der Waals surface area contributed by atoms with Crippen LogP contribution in [0.1, 0.15) is 24.8 Å². The van der Waals surface area contributed by atoms with Gasteiger partial charge in [0, 0.05) is 18.6 Å². The van der Waals surface area contributed by atoms with Crippen molar-refractivity contribution >= 4 is 11.7 Å². The summed E-state index contributed by atoms with van der Waals surface area (Å²) in [6, 6.07) is 4.16. The molecule has 0 spiro atoms. The Kier molecular flexibility index (Phi) is 4.89. The molecule has 5 nitrogen and oxygen atoms in total. The molecule has 2 saturated carbocycles. The van der Waals surface area contributed by atoms with Gasteiger partial charge < -0.3 is 20.5 Å². The van der Waals surface area contributed by atoms with E-state index in [9.17, 15) is 18.7 Å². The van der Waals surface area contributed by atoms with Gasteiger partial charge in [0.15, 0.2) is 0 Å². The predicted octanol–water partition coefficient (Wildman–Crippen LogP) is 3.12. The molecular formula is C17H22F2N2O3. The minimum absolute atomic E-state index is 0.0518. The molecule has 0 aromatic heterocycles. The number of urea groups is 1. The summed E-state index contributed by atoms with van der Waals surface area (Å²) in [4.78, 5) is 12.3. The Bertz CT molecular complexity index is 611. The van der Waals surface area contributed by atoms with Crippen LogP contribution in [-0.4, -0.2) is 30.4 Å². The van der Waals surface area contributed by atoms with E-state index in [1.54, 1.807) is 19.1 Å². The smallest absolute Gasteiger partial charge is 0.387 e. The van der Waals surface area contributed by atoms with Crippen LogP contribution < -0.4 is 15.4 Å². The number of hydrogen-bond acceptors (Lipinski definition) is 3. The van der Waals surface area contributed by atoms with E-state index in [0.29, 0.717) is 17.4 Å². The summed E-state index contributed by atoms with van der Waals surface area (Å²) in [5, 5.41) is 15.1. The monoisotopic (exact) mass is 340 g/mol. The van der Waals surface area contributed by atoms with E-state index in [2.05, 4.69) is 15.4 Å². The largest absolute Gasteiger partial charge is 0.433 e. The summed E-state index contributed by atoms with van der Waals surface area (Å²) < 4.78 is 29.5. The lowest BCUT2D eigenvalue weighted by Gasteiger charge is -2.30. The van der Waals surface area contributed by atoms with E-state index in [4.69, 9.17) is 0 Å². The molecular weight excluding hydrogens is 318 g/mol. The number of aliphatic hydroxyl groups excluding tert-OH is 1. The van der Waals surface area contributed by atoms with E-state index in [1.807, 2.05) is 0 Å². The van der Waals surface area contributed by atoms with Crippen molar-refractivity contribution in [2.24, 2.45) is 17.8 Å². The maximum atomic E-state index is 12.5. The van der Waals surface area contributed by atoms with Crippen molar-refractivity contribution in [3.63, 3.8) is 0 Å². The zero-order chi connectivity index (χ0) is 17.3. The third kappa shape index (κ3) is 3.31. The number of carbonyl (C=O) groups excluding carboxylic acids is 1. The third-order valence-corrected chi connectivity index (χ3v) is 5.29. The number of aryl methyl sites for hydroxylation is 1. The second-order valence-electron chi connectivity index (χ2n) is 6.63. The highest BCUT2D eigenvalue weighted by Gasteiger charge is 2.47. The number of hydrogen-bond donors (Lipinski definition) is 3. The Morgan fingerprint density at radius 2 is 2.12 bits per heavy atom. The summed E-state index contributed by atoms with van der Waals surface area (Å²) in [7, 11) is 0. The number of fused-ring (bicyclic) bond motifs is 2. The maximum absolute atomic E-state index is 12.5. The molecule has 2 bridgehead atoms. The lowest BCUT2D eigenvalue weighted by atomic mass is 9.85. The molecule has 7 heteroatoms. The molecule has 2 amide bonds. The zero-order valence-corrected chi connectivity index (χ0v) is 13.5. The summed E-state index contributed by atoms with van der Waals surface area (Å²) in [5.74, 6) is 0.850. The molecule has 2 aliphatic carbocycles. The summed E-state index contributed by atoms with van der Waals surface area (Å²) in [5.41, 5.74) is 0.869. The van der Waals surface area contributed by atoms with E-state index in [1.165, 1.54) is 6.07 Å². The number of carbonyl (C=O) groups is 1. The number of benzene rings is 1. The van der Waals surface area contributed by atoms with Crippen LogP contribution in [0.2, 0.25) is 0 Å². The summed E-state index contributed by atoms with van der Waals surface area (Å²) in [6.45, 7) is -1.20. The van der Waals surface area contributed by atoms with Gasteiger partial charge in [-0.25, -0.2) is 4.79 Å². The highest BCUT2D eigenvalue weighted by atomic mass is 19.3. The second-order valence-corrected chi connectivity index (χ2v) is 6.63. The lowest BCUT2D eigenvalue weighted by Crippen LogP contribution is -2.47. The van der Waals surface area contributed by atoms with Crippen molar-refractivity contribution in [2.45, 2.75) is 38.8 Å². The van der Waals surface area contributed by atoms with E-state index < -0.39 is 12.6 Å². The third-order valence-electron chi connectivity index (χ3n) is 5.29. The number of nitrogens with one attached hydrogen (secondary N) is 2. The van der Waals surface area contributed by atoms with Crippen molar-refractivity contribution in [2.75, 3.05) is 11.9 Å². The molecule has 0 saturated heterocycles. The van der Waals surface area contributed by atoms with Crippen LogP contribution >= 0.6 is 0 Å². The molecule has 4 atom stereocenters. The molecule has 0 aliphatic heterocycles. The number of halogens is 2. The van der Waals surface area contributed by atoms with Gasteiger partial charge in [-0.2, -0.15) is 8.78 Å². The molecule has 2 aliphatic rings. The molecule has 0 radical (unpaired) electrons.